The van der Waals surface area contributed by atoms with Gasteiger partial charge in [-0.25, -0.2) is 8.42 Å². The summed E-state index contributed by atoms with van der Waals surface area (Å²) in [6.45, 7) is 6.45. The number of amides is 1. The van der Waals surface area contributed by atoms with Crippen molar-refractivity contribution in [3.05, 3.63) is 83.4 Å². The van der Waals surface area contributed by atoms with Crippen LogP contribution in [0, 0.1) is 13.8 Å². The second-order valence-electron chi connectivity index (χ2n) is 8.02. The fraction of sp³-hybridized carbons (Fsp3) is 0.240. The third-order valence-corrected chi connectivity index (χ3v) is 7.06. The maximum atomic E-state index is 12.9. The highest BCUT2D eigenvalue weighted by Crippen LogP contribution is 2.27. The predicted molar refractivity (Wildman–Crippen MR) is 131 cm³/mol. The first-order valence-corrected chi connectivity index (χ1v) is 12.2. The van der Waals surface area contributed by atoms with E-state index in [9.17, 15) is 13.2 Å². The fourth-order valence-corrected chi connectivity index (χ4v) is 5.14. The lowest BCUT2D eigenvalue weighted by molar-refractivity contribution is 0.102. The average Bonchev–Trinajstić information content (AvgIpc) is 2.81. The van der Waals surface area contributed by atoms with Gasteiger partial charge in [-0.05, 0) is 67.4 Å². The summed E-state index contributed by atoms with van der Waals surface area (Å²) in [5.74, 6) is -0.264. The van der Waals surface area contributed by atoms with Crippen molar-refractivity contribution in [2.75, 3.05) is 41.2 Å². The Morgan fingerprint density at radius 2 is 1.64 bits per heavy atom. The second kappa shape index (κ2) is 9.64. The second-order valence-corrected chi connectivity index (χ2v) is 9.67. The Morgan fingerprint density at radius 3 is 2.36 bits per heavy atom. The highest BCUT2D eigenvalue weighted by Gasteiger charge is 2.19. The van der Waals surface area contributed by atoms with Gasteiger partial charge in [0, 0.05) is 24.3 Å². The molecule has 0 bridgehead atoms. The molecule has 7 nitrogen and oxygen atoms in total. The van der Waals surface area contributed by atoms with Gasteiger partial charge in [-0.15, -0.1) is 0 Å². The zero-order valence-corrected chi connectivity index (χ0v) is 19.5. The van der Waals surface area contributed by atoms with Crippen molar-refractivity contribution < 1.29 is 17.9 Å². The van der Waals surface area contributed by atoms with Crippen LogP contribution in [0.4, 0.5) is 17.1 Å². The van der Waals surface area contributed by atoms with Crippen LogP contribution in [0.25, 0.3) is 0 Å². The van der Waals surface area contributed by atoms with Crippen molar-refractivity contribution in [1.29, 1.82) is 0 Å². The number of ether oxygens (including phenoxy) is 1. The van der Waals surface area contributed by atoms with E-state index in [0.717, 1.165) is 30.0 Å². The van der Waals surface area contributed by atoms with Crippen molar-refractivity contribution in [2.24, 2.45) is 0 Å². The number of nitrogens with one attached hydrogen (secondary N) is 2. The van der Waals surface area contributed by atoms with E-state index in [1.54, 1.807) is 43.3 Å². The monoisotopic (exact) mass is 465 g/mol. The first-order valence-electron chi connectivity index (χ1n) is 10.8. The molecule has 1 heterocycles. The molecule has 172 valence electrons. The summed E-state index contributed by atoms with van der Waals surface area (Å²) in [6.07, 6.45) is 0. The molecule has 0 saturated carbocycles. The molecule has 1 aliphatic heterocycles. The lowest BCUT2D eigenvalue weighted by atomic mass is 10.1. The largest absolute Gasteiger partial charge is 0.378 e. The Bertz CT molecular complexity index is 1250. The number of aryl methyl sites for hydroxylation is 2. The number of benzene rings is 3. The molecule has 3 aromatic rings. The molecule has 1 amide bonds. The minimum absolute atomic E-state index is 0.240. The zero-order valence-electron chi connectivity index (χ0n) is 18.7. The maximum Gasteiger partial charge on any atom is 0.262 e. The third-order valence-electron chi connectivity index (χ3n) is 5.54. The molecule has 1 aliphatic rings. The van der Waals surface area contributed by atoms with Crippen LogP contribution < -0.4 is 14.9 Å². The molecular weight excluding hydrogens is 438 g/mol. The van der Waals surface area contributed by atoms with Crippen molar-refractivity contribution in [1.82, 2.24) is 0 Å². The molecule has 8 heteroatoms. The fourth-order valence-electron chi connectivity index (χ4n) is 3.75. The number of morpholine rings is 1. The summed E-state index contributed by atoms with van der Waals surface area (Å²) >= 11 is 0. The first kappa shape index (κ1) is 22.8. The molecule has 3 aromatic carbocycles. The number of sulfonamides is 1. The quantitative estimate of drug-likeness (QED) is 0.570. The molecule has 0 atom stereocenters. The lowest BCUT2D eigenvalue weighted by Crippen LogP contribution is -2.36. The molecular formula is C25H27N3O4S. The molecule has 4 rings (SSSR count). The molecule has 33 heavy (non-hydrogen) atoms. The molecule has 1 fully saturated rings. The molecule has 2 N–H and O–H groups in total. The van der Waals surface area contributed by atoms with Crippen molar-refractivity contribution >= 4 is 33.0 Å². The van der Waals surface area contributed by atoms with Crippen molar-refractivity contribution in [3.8, 4) is 0 Å². The SMILES string of the molecule is Cc1ccc(C)c(S(=O)(=O)Nc2ccc(C(=O)Nc3ccccc3N3CCOCC3)cc2)c1. The Morgan fingerprint density at radius 1 is 0.939 bits per heavy atom. The molecule has 1 saturated heterocycles. The Kier molecular flexibility index (Phi) is 6.67. The molecule has 0 aromatic heterocycles. The van der Waals surface area contributed by atoms with E-state index in [4.69, 9.17) is 4.74 Å². The van der Waals surface area contributed by atoms with Crippen LogP contribution >= 0.6 is 0 Å². The van der Waals surface area contributed by atoms with Gasteiger partial charge in [0.25, 0.3) is 15.9 Å². The lowest BCUT2D eigenvalue weighted by Gasteiger charge is -2.30. The first-order chi connectivity index (χ1) is 15.8. The Hall–Kier alpha value is -3.36. The summed E-state index contributed by atoms with van der Waals surface area (Å²) in [6, 6.07) is 19.4. The number of carbonyl (C=O) groups is 1. The Labute approximate surface area is 194 Å². The number of carbonyl (C=O) groups excluding carboxylic acids is 1. The summed E-state index contributed by atoms with van der Waals surface area (Å²) < 4.78 is 33.6. The topological polar surface area (TPSA) is 87.7 Å². The van der Waals surface area contributed by atoms with Crippen LogP contribution in [0.5, 0.6) is 0 Å². The van der Waals surface area contributed by atoms with Gasteiger partial charge in [0.15, 0.2) is 0 Å². The number of nitrogens with zero attached hydrogens (tertiary/aromatic N) is 1. The van der Waals surface area contributed by atoms with Crippen LogP contribution in [-0.2, 0) is 14.8 Å². The number of anilines is 3. The van der Waals surface area contributed by atoms with E-state index >= 15 is 0 Å². The standard InChI is InChI=1S/C25H27N3O4S/c1-18-7-8-19(2)24(17-18)33(30,31)27-21-11-9-20(10-12-21)25(29)26-22-5-3-4-6-23(22)28-13-15-32-16-14-28/h3-12,17,27H,13-16H2,1-2H3,(H,26,29). The van der Waals surface area contributed by atoms with Gasteiger partial charge < -0.3 is 15.0 Å². The molecule has 0 radical (unpaired) electrons. The maximum absolute atomic E-state index is 12.9. The molecule has 0 unspecified atom stereocenters. The van der Waals surface area contributed by atoms with Crippen LogP contribution in [0.3, 0.4) is 0 Å². The minimum atomic E-state index is -3.73. The van der Waals surface area contributed by atoms with Crippen LogP contribution in [0.1, 0.15) is 21.5 Å². The van der Waals surface area contributed by atoms with Gasteiger partial charge in [-0.1, -0.05) is 24.3 Å². The van der Waals surface area contributed by atoms with Crippen molar-refractivity contribution in [3.63, 3.8) is 0 Å². The molecule has 0 spiro atoms. The number of rotatable bonds is 6. The van der Waals surface area contributed by atoms with Crippen LogP contribution in [-0.4, -0.2) is 40.6 Å². The summed E-state index contributed by atoms with van der Waals surface area (Å²) in [7, 11) is -3.73. The number of hydrogen-bond acceptors (Lipinski definition) is 5. The van der Waals surface area contributed by atoms with E-state index in [0.29, 0.717) is 30.0 Å². The summed E-state index contributed by atoms with van der Waals surface area (Å²) in [5, 5.41) is 2.97. The van der Waals surface area contributed by atoms with Gasteiger partial charge in [0.1, 0.15) is 0 Å². The Balaban J connectivity index is 1.48. The number of hydrogen-bond donors (Lipinski definition) is 2. The van der Waals surface area contributed by atoms with Gasteiger partial charge in [-0.2, -0.15) is 0 Å². The minimum Gasteiger partial charge on any atom is -0.378 e. The van der Waals surface area contributed by atoms with Gasteiger partial charge in [0.2, 0.25) is 0 Å². The van der Waals surface area contributed by atoms with Crippen LogP contribution in [0.15, 0.2) is 71.6 Å². The van der Waals surface area contributed by atoms with E-state index in [2.05, 4.69) is 14.9 Å². The smallest absolute Gasteiger partial charge is 0.262 e. The highest BCUT2D eigenvalue weighted by atomic mass is 32.2. The van der Waals surface area contributed by atoms with Crippen LogP contribution in [0.2, 0.25) is 0 Å². The highest BCUT2D eigenvalue weighted by molar-refractivity contribution is 7.92. The zero-order chi connectivity index (χ0) is 23.4. The van der Waals surface area contributed by atoms with Crippen molar-refractivity contribution in [2.45, 2.75) is 18.7 Å². The molecule has 0 aliphatic carbocycles. The van der Waals surface area contributed by atoms with E-state index < -0.39 is 10.0 Å². The van der Waals surface area contributed by atoms with Gasteiger partial charge >= 0.3 is 0 Å². The summed E-state index contributed by atoms with van der Waals surface area (Å²) in [4.78, 5) is 15.3. The van der Waals surface area contributed by atoms with Gasteiger partial charge in [0.05, 0.1) is 29.5 Å². The number of para-hydroxylation sites is 2. The normalized spacial score (nSPS) is 14.1. The predicted octanol–water partition coefficient (Wildman–Crippen LogP) is 4.19. The van der Waals surface area contributed by atoms with E-state index in [1.807, 2.05) is 37.3 Å². The van der Waals surface area contributed by atoms with E-state index in [1.165, 1.54) is 0 Å². The van der Waals surface area contributed by atoms with Gasteiger partial charge in [-0.3, -0.25) is 9.52 Å². The van der Waals surface area contributed by atoms with E-state index in [-0.39, 0.29) is 10.8 Å². The third kappa shape index (κ3) is 5.35. The average molecular weight is 466 g/mol. The summed E-state index contributed by atoms with van der Waals surface area (Å²) in [5.41, 5.74) is 4.03.